The van der Waals surface area contributed by atoms with Crippen LogP contribution in [0.1, 0.15) is 35.6 Å². The summed E-state index contributed by atoms with van der Waals surface area (Å²) in [7, 11) is 0. The van der Waals surface area contributed by atoms with Crippen molar-refractivity contribution in [3.63, 3.8) is 0 Å². The van der Waals surface area contributed by atoms with Crippen molar-refractivity contribution in [2.45, 2.75) is 40.5 Å². The average Bonchev–Trinajstić information content (AvgIpc) is 2.76. The Kier molecular flexibility index (Phi) is 7.55. The lowest BCUT2D eigenvalue weighted by Gasteiger charge is -2.12. The Hall–Kier alpha value is -3.73. The number of carbonyl (C=O) groups is 2. The van der Waals surface area contributed by atoms with Crippen molar-refractivity contribution in [3.05, 3.63) is 89.0 Å². The molecule has 32 heavy (non-hydrogen) atoms. The number of carbonyl (C=O) groups excluding carboxylic acids is 2. The van der Waals surface area contributed by atoms with Crippen LogP contribution in [0.4, 0.5) is 5.69 Å². The molecular weight excluding hydrogens is 398 g/mol. The number of amides is 2. The fraction of sp³-hybridized carbons (Fsp3) is 0.222. The third-order valence-corrected chi connectivity index (χ3v) is 5.16. The largest absolute Gasteiger partial charge is 0.325 e. The molecule has 0 aliphatic rings. The van der Waals surface area contributed by atoms with E-state index >= 15 is 0 Å². The van der Waals surface area contributed by atoms with E-state index in [4.69, 9.17) is 0 Å². The van der Waals surface area contributed by atoms with Gasteiger partial charge in [-0.2, -0.15) is 5.10 Å². The smallest absolute Gasteiger partial charge is 0.244 e. The van der Waals surface area contributed by atoms with Crippen molar-refractivity contribution >= 4 is 23.2 Å². The van der Waals surface area contributed by atoms with Crippen LogP contribution in [0, 0.1) is 20.8 Å². The lowest BCUT2D eigenvalue weighted by molar-refractivity contribution is -0.120. The number of anilines is 1. The highest BCUT2D eigenvalue weighted by Crippen LogP contribution is 2.22. The zero-order valence-corrected chi connectivity index (χ0v) is 19.0. The third kappa shape index (κ3) is 6.38. The van der Waals surface area contributed by atoms with E-state index in [1.807, 2.05) is 75.4 Å². The molecule has 0 aliphatic carbocycles. The summed E-state index contributed by atoms with van der Waals surface area (Å²) in [4.78, 5) is 24.6. The second-order valence-electron chi connectivity index (χ2n) is 8.12. The quantitative estimate of drug-likeness (QED) is 0.395. The number of hydrogen-bond donors (Lipinski definition) is 2. The molecule has 0 unspecified atom stereocenters. The lowest BCUT2D eigenvalue weighted by Crippen LogP contribution is -2.23. The van der Waals surface area contributed by atoms with E-state index in [9.17, 15) is 9.59 Å². The Morgan fingerprint density at radius 1 is 0.812 bits per heavy atom. The molecule has 0 radical (unpaired) electrons. The maximum atomic E-state index is 12.4. The summed E-state index contributed by atoms with van der Waals surface area (Å²) in [6.07, 6.45) is 0.332. The van der Waals surface area contributed by atoms with E-state index in [-0.39, 0.29) is 24.7 Å². The molecule has 5 heteroatoms. The number of rotatable bonds is 7. The molecule has 0 aliphatic heterocycles. The van der Waals surface area contributed by atoms with Crippen molar-refractivity contribution in [2.75, 3.05) is 5.32 Å². The minimum absolute atomic E-state index is 0.110. The maximum Gasteiger partial charge on any atom is 0.244 e. The first-order chi connectivity index (χ1) is 15.3. The molecule has 3 rings (SSSR count). The number of hydrogen-bond acceptors (Lipinski definition) is 3. The van der Waals surface area contributed by atoms with E-state index in [1.54, 1.807) is 6.92 Å². The van der Waals surface area contributed by atoms with Gasteiger partial charge in [0.2, 0.25) is 11.8 Å². The van der Waals surface area contributed by atoms with Gasteiger partial charge in [0.1, 0.15) is 0 Å². The average molecular weight is 428 g/mol. The lowest BCUT2D eigenvalue weighted by atomic mass is 10.0. The predicted molar refractivity (Wildman–Crippen MR) is 131 cm³/mol. The molecule has 0 spiro atoms. The monoisotopic (exact) mass is 427 g/mol. The molecule has 3 aromatic rings. The number of nitrogens with one attached hydrogen (secondary N) is 2. The van der Waals surface area contributed by atoms with Crippen LogP contribution in [0.2, 0.25) is 0 Å². The molecule has 0 saturated heterocycles. The first kappa shape index (κ1) is 22.9. The molecule has 0 heterocycles. The highest BCUT2D eigenvalue weighted by atomic mass is 16.2. The standard InChI is InChI=1S/C27H29N3O2/c1-18-14-19(2)27(20(3)15-18)28-25(31)16-21(4)29-30-26(32)17-22-10-12-24(13-11-22)23-8-6-5-7-9-23/h5-15H,16-17H2,1-4H3,(H,28,31)(H,30,32)/b29-21+. The first-order valence-electron chi connectivity index (χ1n) is 10.7. The summed E-state index contributed by atoms with van der Waals surface area (Å²) in [6, 6.07) is 22.1. The molecule has 0 bridgehead atoms. The molecule has 2 N–H and O–H groups in total. The van der Waals surface area contributed by atoms with Gasteiger partial charge in [0.05, 0.1) is 12.8 Å². The predicted octanol–water partition coefficient (Wildman–Crippen LogP) is 5.34. The number of hydrazone groups is 1. The second-order valence-corrected chi connectivity index (χ2v) is 8.12. The number of nitrogens with zero attached hydrogens (tertiary/aromatic N) is 1. The van der Waals surface area contributed by atoms with Crippen LogP contribution in [0.25, 0.3) is 11.1 Å². The van der Waals surface area contributed by atoms with E-state index in [1.165, 1.54) is 0 Å². The summed E-state index contributed by atoms with van der Waals surface area (Å²) in [6.45, 7) is 7.71. The van der Waals surface area contributed by atoms with Gasteiger partial charge < -0.3 is 5.32 Å². The van der Waals surface area contributed by atoms with Gasteiger partial charge in [-0.05, 0) is 55.5 Å². The molecule has 0 atom stereocenters. The van der Waals surface area contributed by atoms with E-state index in [0.29, 0.717) is 5.71 Å². The van der Waals surface area contributed by atoms with Crippen LogP contribution < -0.4 is 10.7 Å². The summed E-state index contributed by atoms with van der Waals surface area (Å²) in [5.41, 5.74) is 10.3. The van der Waals surface area contributed by atoms with Crippen molar-refractivity contribution in [1.29, 1.82) is 0 Å². The Labute approximate surface area is 189 Å². The minimum atomic E-state index is -0.220. The van der Waals surface area contributed by atoms with Crippen LogP contribution >= 0.6 is 0 Å². The highest BCUT2D eigenvalue weighted by Gasteiger charge is 2.10. The zero-order chi connectivity index (χ0) is 23.1. The Balaban J connectivity index is 1.51. The van der Waals surface area contributed by atoms with Gasteiger partial charge in [-0.15, -0.1) is 0 Å². The Bertz CT molecular complexity index is 1110. The number of benzene rings is 3. The van der Waals surface area contributed by atoms with Crippen LogP contribution in [0.3, 0.4) is 0 Å². The van der Waals surface area contributed by atoms with Crippen molar-refractivity contribution < 1.29 is 9.59 Å². The van der Waals surface area contributed by atoms with Gasteiger partial charge >= 0.3 is 0 Å². The molecule has 3 aromatic carbocycles. The third-order valence-electron chi connectivity index (χ3n) is 5.16. The van der Waals surface area contributed by atoms with Gasteiger partial charge in [0.25, 0.3) is 0 Å². The van der Waals surface area contributed by atoms with Crippen molar-refractivity contribution in [1.82, 2.24) is 5.43 Å². The van der Waals surface area contributed by atoms with E-state index in [0.717, 1.165) is 39.1 Å². The van der Waals surface area contributed by atoms with Gasteiger partial charge in [-0.3, -0.25) is 9.59 Å². The first-order valence-corrected chi connectivity index (χ1v) is 10.7. The summed E-state index contributed by atoms with van der Waals surface area (Å²) in [5, 5.41) is 7.03. The van der Waals surface area contributed by atoms with Gasteiger partial charge in [-0.25, -0.2) is 5.43 Å². The zero-order valence-electron chi connectivity index (χ0n) is 19.0. The van der Waals surface area contributed by atoms with E-state index < -0.39 is 0 Å². The SMILES string of the molecule is C/C(CC(=O)Nc1c(C)cc(C)cc1C)=N\NC(=O)Cc1ccc(-c2ccccc2)cc1. The van der Waals surface area contributed by atoms with Crippen molar-refractivity contribution in [2.24, 2.45) is 5.10 Å². The van der Waals surface area contributed by atoms with Gasteiger partial charge in [0, 0.05) is 11.4 Å². The molecular formula is C27H29N3O2. The maximum absolute atomic E-state index is 12.4. The molecule has 5 nitrogen and oxygen atoms in total. The van der Waals surface area contributed by atoms with E-state index in [2.05, 4.69) is 28.0 Å². The number of aryl methyl sites for hydroxylation is 3. The summed E-state index contributed by atoms with van der Waals surface area (Å²) >= 11 is 0. The highest BCUT2D eigenvalue weighted by molar-refractivity contribution is 6.06. The van der Waals surface area contributed by atoms with Crippen molar-refractivity contribution in [3.8, 4) is 11.1 Å². The topological polar surface area (TPSA) is 70.6 Å². The summed E-state index contributed by atoms with van der Waals surface area (Å²) in [5.74, 6) is -0.380. The Morgan fingerprint density at radius 3 is 2.03 bits per heavy atom. The fourth-order valence-electron chi connectivity index (χ4n) is 3.66. The molecule has 164 valence electrons. The molecule has 2 amide bonds. The fourth-order valence-corrected chi connectivity index (χ4v) is 3.66. The second kappa shape index (κ2) is 10.5. The molecule has 0 saturated carbocycles. The normalized spacial score (nSPS) is 11.2. The van der Waals surface area contributed by atoms with Crippen LogP contribution in [0.15, 0.2) is 71.8 Å². The minimum Gasteiger partial charge on any atom is -0.325 e. The van der Waals surface area contributed by atoms with Crippen LogP contribution in [-0.2, 0) is 16.0 Å². The summed E-state index contributed by atoms with van der Waals surface area (Å²) < 4.78 is 0. The molecule has 0 aromatic heterocycles. The Morgan fingerprint density at radius 2 is 1.41 bits per heavy atom. The van der Waals surface area contributed by atoms with Crippen LogP contribution in [0.5, 0.6) is 0 Å². The van der Waals surface area contributed by atoms with Gasteiger partial charge in [0.15, 0.2) is 0 Å². The molecule has 0 fully saturated rings. The van der Waals surface area contributed by atoms with Crippen LogP contribution in [-0.4, -0.2) is 17.5 Å². The van der Waals surface area contributed by atoms with Gasteiger partial charge in [-0.1, -0.05) is 72.3 Å².